The third kappa shape index (κ3) is 4.84. The molecule has 0 fully saturated rings. The van der Waals surface area contributed by atoms with Crippen molar-refractivity contribution in [2.75, 3.05) is 27.2 Å². The number of ether oxygens (including phenoxy) is 1. The van der Waals surface area contributed by atoms with Crippen molar-refractivity contribution in [1.82, 2.24) is 4.90 Å². The first-order valence-electron chi connectivity index (χ1n) is 10.4. The van der Waals surface area contributed by atoms with Crippen LogP contribution >= 0.6 is 0 Å². The minimum absolute atomic E-state index is 0.137. The van der Waals surface area contributed by atoms with E-state index in [1.54, 1.807) is 18.2 Å². The van der Waals surface area contributed by atoms with E-state index in [-0.39, 0.29) is 11.7 Å². The Bertz CT molecular complexity index is 925. The molecule has 0 heterocycles. The predicted octanol–water partition coefficient (Wildman–Crippen LogP) is 4.76. The van der Waals surface area contributed by atoms with Crippen LogP contribution in [0.3, 0.4) is 0 Å². The van der Waals surface area contributed by atoms with Crippen LogP contribution in [0.5, 0.6) is 11.5 Å². The Morgan fingerprint density at radius 2 is 1.60 bits per heavy atom. The van der Waals surface area contributed by atoms with E-state index in [2.05, 4.69) is 11.8 Å². The molecular weight excluding hydrogens is 374 g/mol. The fraction of sp³-hybridized carbons (Fsp3) is 0.308. The van der Waals surface area contributed by atoms with Gasteiger partial charge in [-0.2, -0.15) is 0 Å². The van der Waals surface area contributed by atoms with Gasteiger partial charge in [-0.1, -0.05) is 61.5 Å². The van der Waals surface area contributed by atoms with Crippen molar-refractivity contribution in [1.29, 1.82) is 0 Å². The van der Waals surface area contributed by atoms with E-state index in [9.17, 15) is 10.2 Å². The van der Waals surface area contributed by atoms with Gasteiger partial charge in [0.05, 0.1) is 0 Å². The van der Waals surface area contributed by atoms with Gasteiger partial charge in [-0.25, -0.2) is 0 Å². The average molecular weight is 406 g/mol. The topological polar surface area (TPSA) is 52.9 Å². The van der Waals surface area contributed by atoms with E-state index < -0.39 is 5.60 Å². The second-order valence-electron chi connectivity index (χ2n) is 7.86. The first-order chi connectivity index (χ1) is 14.4. The molecule has 2 N–H and O–H groups in total. The van der Waals surface area contributed by atoms with Gasteiger partial charge in [0.25, 0.3) is 0 Å². The molecule has 0 aliphatic carbocycles. The molecule has 0 saturated heterocycles. The third-order valence-corrected chi connectivity index (χ3v) is 5.50. The summed E-state index contributed by atoms with van der Waals surface area (Å²) in [5, 5.41) is 22.3. The van der Waals surface area contributed by atoms with Gasteiger partial charge < -0.3 is 19.8 Å². The summed E-state index contributed by atoms with van der Waals surface area (Å²) in [5.74, 6) is 0.727. The van der Waals surface area contributed by atoms with Gasteiger partial charge in [-0.05, 0) is 61.5 Å². The Hall–Kier alpha value is -2.82. The molecular formula is C26H31NO3. The molecule has 0 saturated carbocycles. The van der Waals surface area contributed by atoms with E-state index in [1.807, 2.05) is 74.8 Å². The number of hydrogen-bond acceptors (Lipinski definition) is 4. The van der Waals surface area contributed by atoms with Gasteiger partial charge in [0.15, 0.2) is 0 Å². The van der Waals surface area contributed by atoms with Crippen LogP contribution in [0, 0.1) is 0 Å². The molecule has 30 heavy (non-hydrogen) atoms. The Balaban J connectivity index is 2.02. The first kappa shape index (κ1) is 21.9. The zero-order valence-electron chi connectivity index (χ0n) is 18.0. The maximum absolute atomic E-state index is 12.2. The molecule has 0 unspecified atom stereocenters. The summed E-state index contributed by atoms with van der Waals surface area (Å²) in [7, 11) is 4.02. The Morgan fingerprint density at radius 1 is 0.900 bits per heavy atom. The van der Waals surface area contributed by atoms with Crippen LogP contribution in [0.4, 0.5) is 0 Å². The lowest BCUT2D eigenvalue weighted by Crippen LogP contribution is -2.34. The van der Waals surface area contributed by atoms with Crippen molar-refractivity contribution in [2.45, 2.75) is 24.9 Å². The van der Waals surface area contributed by atoms with Gasteiger partial charge in [0.1, 0.15) is 23.7 Å². The Labute approximate surface area is 179 Å². The van der Waals surface area contributed by atoms with Crippen LogP contribution in [0.2, 0.25) is 0 Å². The number of phenols is 1. The predicted molar refractivity (Wildman–Crippen MR) is 121 cm³/mol. The third-order valence-electron chi connectivity index (χ3n) is 5.50. The molecule has 0 aromatic heterocycles. The van der Waals surface area contributed by atoms with E-state index in [0.29, 0.717) is 12.2 Å². The number of benzene rings is 3. The molecule has 0 bridgehead atoms. The standard InChI is InChI=1S/C26H31NO3/c1-4-25(20-9-6-5-7-10-20)26(29,22-11-8-12-23(28)19-22)21-13-15-24(16-14-21)30-18-17-27(2)3/h5-16,19,25,28-29H,4,17-18H2,1-3H3/t25-,26+/m0/s1. The molecule has 158 valence electrons. The van der Waals surface area contributed by atoms with Crippen molar-refractivity contribution in [3.63, 3.8) is 0 Å². The van der Waals surface area contributed by atoms with Crippen LogP contribution in [-0.2, 0) is 5.60 Å². The summed E-state index contributed by atoms with van der Waals surface area (Å²) < 4.78 is 5.82. The van der Waals surface area contributed by atoms with Crippen LogP contribution in [0.15, 0.2) is 78.9 Å². The molecule has 3 aromatic rings. The molecule has 4 heteroatoms. The number of nitrogens with zero attached hydrogens (tertiary/aromatic N) is 1. The van der Waals surface area contributed by atoms with Gasteiger partial charge in [0.2, 0.25) is 0 Å². The first-order valence-corrected chi connectivity index (χ1v) is 10.4. The van der Waals surface area contributed by atoms with Crippen molar-refractivity contribution in [3.05, 3.63) is 95.6 Å². The molecule has 2 atom stereocenters. The van der Waals surface area contributed by atoms with Crippen molar-refractivity contribution >= 4 is 0 Å². The van der Waals surface area contributed by atoms with E-state index >= 15 is 0 Å². The van der Waals surface area contributed by atoms with Crippen LogP contribution in [0.1, 0.15) is 36.0 Å². The minimum Gasteiger partial charge on any atom is -0.508 e. The van der Waals surface area contributed by atoms with Crippen molar-refractivity contribution in [2.24, 2.45) is 0 Å². The lowest BCUT2D eigenvalue weighted by molar-refractivity contribution is 0.0474. The van der Waals surface area contributed by atoms with Gasteiger partial charge in [0, 0.05) is 12.5 Å². The maximum Gasteiger partial charge on any atom is 0.122 e. The van der Waals surface area contributed by atoms with Crippen LogP contribution in [0.25, 0.3) is 0 Å². The fourth-order valence-electron chi connectivity index (χ4n) is 3.92. The molecule has 0 aliphatic heterocycles. The number of aliphatic hydroxyl groups is 1. The molecule has 0 spiro atoms. The largest absolute Gasteiger partial charge is 0.508 e. The highest BCUT2D eigenvalue weighted by Crippen LogP contribution is 2.45. The summed E-state index contributed by atoms with van der Waals surface area (Å²) >= 11 is 0. The van der Waals surface area contributed by atoms with E-state index in [4.69, 9.17) is 4.74 Å². The van der Waals surface area contributed by atoms with Crippen molar-refractivity contribution < 1.29 is 14.9 Å². The number of rotatable bonds is 9. The lowest BCUT2D eigenvalue weighted by atomic mass is 9.72. The van der Waals surface area contributed by atoms with Gasteiger partial charge in [-0.15, -0.1) is 0 Å². The van der Waals surface area contributed by atoms with Crippen molar-refractivity contribution in [3.8, 4) is 11.5 Å². The highest BCUT2D eigenvalue weighted by atomic mass is 16.5. The molecule has 0 aliphatic rings. The maximum atomic E-state index is 12.2. The highest BCUT2D eigenvalue weighted by molar-refractivity contribution is 5.45. The molecule has 3 aromatic carbocycles. The highest BCUT2D eigenvalue weighted by Gasteiger charge is 2.40. The van der Waals surface area contributed by atoms with Crippen LogP contribution < -0.4 is 4.74 Å². The number of aromatic hydroxyl groups is 1. The second kappa shape index (κ2) is 9.79. The average Bonchev–Trinajstić information content (AvgIpc) is 2.75. The fourth-order valence-corrected chi connectivity index (χ4v) is 3.92. The monoisotopic (exact) mass is 405 g/mol. The van der Waals surface area contributed by atoms with Crippen LogP contribution in [-0.4, -0.2) is 42.4 Å². The van der Waals surface area contributed by atoms with Gasteiger partial charge in [-0.3, -0.25) is 0 Å². The summed E-state index contributed by atoms with van der Waals surface area (Å²) in [6, 6.07) is 24.6. The zero-order valence-corrected chi connectivity index (χ0v) is 18.0. The summed E-state index contributed by atoms with van der Waals surface area (Å²) in [6.45, 7) is 3.51. The molecule has 3 rings (SSSR count). The van der Waals surface area contributed by atoms with E-state index in [0.717, 1.165) is 29.8 Å². The number of likely N-dealkylation sites (N-methyl/N-ethyl adjacent to an activating group) is 1. The van der Waals surface area contributed by atoms with E-state index in [1.165, 1.54) is 0 Å². The smallest absolute Gasteiger partial charge is 0.122 e. The lowest BCUT2D eigenvalue weighted by Gasteiger charge is -2.37. The second-order valence-corrected chi connectivity index (χ2v) is 7.86. The minimum atomic E-state index is -1.29. The summed E-state index contributed by atoms with van der Waals surface area (Å²) in [6.07, 6.45) is 0.733. The summed E-state index contributed by atoms with van der Waals surface area (Å²) in [4.78, 5) is 2.07. The Morgan fingerprint density at radius 3 is 2.20 bits per heavy atom. The summed E-state index contributed by atoms with van der Waals surface area (Å²) in [5.41, 5.74) is 1.19. The molecule has 4 nitrogen and oxygen atoms in total. The van der Waals surface area contributed by atoms with Gasteiger partial charge >= 0.3 is 0 Å². The SMILES string of the molecule is CC[C@@H](c1ccccc1)[C@@](O)(c1ccc(OCCN(C)C)cc1)c1cccc(O)c1. The number of phenolic OH excluding ortho intramolecular Hbond substituents is 1. The normalized spacial score (nSPS) is 14.3. The zero-order chi connectivity index (χ0) is 21.6. The molecule has 0 radical (unpaired) electrons. The molecule has 0 amide bonds. The quantitative estimate of drug-likeness (QED) is 0.539. The number of hydrogen-bond donors (Lipinski definition) is 2. The Kier molecular flexibility index (Phi) is 7.14.